The molecule has 0 aliphatic carbocycles. The van der Waals surface area contributed by atoms with Gasteiger partial charge in [-0.05, 0) is 63.1 Å². The SMILES string of the molecule is CCC[C@H](CCO)Oc1nc(N(Cc2ccc(OC)cc2OC)Cc2ccc(OC)cc2OC)c2ncc(Cc3ccc(OCCN(C)C(=O)OC(C)(C)C)c(F)c3F)n2n1. The van der Waals surface area contributed by atoms with E-state index >= 15 is 8.78 Å². The first-order valence-electron chi connectivity index (χ1n) is 19.9. The number of amides is 1. The predicted octanol–water partition coefficient (Wildman–Crippen LogP) is 7.41. The first-order chi connectivity index (χ1) is 29.2. The number of likely N-dealkylation sites (N-methyl/N-ethyl adjacent to an activating group) is 1. The van der Waals surface area contributed by atoms with Gasteiger partial charge in [-0.25, -0.2) is 18.7 Å². The molecule has 1 atom stereocenters. The highest BCUT2D eigenvalue weighted by molar-refractivity contribution is 5.68. The fourth-order valence-electron chi connectivity index (χ4n) is 6.47. The van der Waals surface area contributed by atoms with E-state index in [1.807, 2.05) is 36.1 Å². The van der Waals surface area contributed by atoms with Crippen molar-refractivity contribution in [2.24, 2.45) is 0 Å². The minimum Gasteiger partial charge on any atom is -0.497 e. The van der Waals surface area contributed by atoms with Crippen LogP contribution in [0, 0.1) is 11.6 Å². The Morgan fingerprint density at radius 2 is 1.48 bits per heavy atom. The molecule has 1 N–H and O–H groups in total. The quantitative estimate of drug-likeness (QED) is 0.0781. The second-order valence-corrected chi connectivity index (χ2v) is 15.2. The number of aliphatic hydroxyl groups excluding tert-OH is 1. The first kappa shape index (κ1) is 46.0. The Morgan fingerprint density at radius 1 is 0.852 bits per heavy atom. The molecule has 5 rings (SSSR count). The number of carbonyl (C=O) groups is 1. The molecule has 0 bridgehead atoms. The van der Waals surface area contributed by atoms with E-state index in [1.165, 1.54) is 34.8 Å². The lowest BCUT2D eigenvalue weighted by Crippen LogP contribution is -2.36. The van der Waals surface area contributed by atoms with Crippen LogP contribution >= 0.6 is 0 Å². The van der Waals surface area contributed by atoms with Crippen molar-refractivity contribution in [2.45, 2.75) is 78.2 Å². The number of fused-ring (bicyclic) bond motifs is 1. The number of ether oxygens (including phenoxy) is 7. The summed E-state index contributed by atoms with van der Waals surface area (Å²) in [5.74, 6) is 0.142. The summed E-state index contributed by atoms with van der Waals surface area (Å²) in [6.07, 6.45) is 2.18. The fourth-order valence-corrected chi connectivity index (χ4v) is 6.47. The van der Waals surface area contributed by atoms with Gasteiger partial charge in [0.2, 0.25) is 5.82 Å². The number of hydrogen-bond acceptors (Lipinski definition) is 13. The van der Waals surface area contributed by atoms with E-state index in [9.17, 15) is 9.90 Å². The number of anilines is 1. The average Bonchev–Trinajstić information content (AvgIpc) is 3.64. The summed E-state index contributed by atoms with van der Waals surface area (Å²) >= 11 is 0. The Morgan fingerprint density at radius 3 is 2.03 bits per heavy atom. The highest BCUT2D eigenvalue weighted by Crippen LogP contribution is 2.34. The third-order valence-electron chi connectivity index (χ3n) is 9.63. The maximum Gasteiger partial charge on any atom is 0.410 e. The Bertz CT molecular complexity index is 2190. The number of aromatic nitrogens is 4. The molecule has 1 amide bonds. The van der Waals surface area contributed by atoms with E-state index in [0.29, 0.717) is 53.0 Å². The Hall–Kier alpha value is -6.10. The van der Waals surface area contributed by atoms with Crippen LogP contribution in [0.2, 0.25) is 0 Å². The standard InChI is InChI=1S/C44H56F2N6O9/c1-10-11-32(18-20-53)60-42-48-41(51(26-29-12-15-33(55-6)23-36(29)57-8)27-30-13-16-34(56-7)24-37(30)58-9)40-47-25-31(52(40)49-42)22-28-14-17-35(39(46)38(28)45)59-21-19-50(5)43(54)61-44(2,3)4/h12-17,23-25,32,53H,10-11,18-22,26-27H2,1-9H3/t32-/m1/s1. The van der Waals surface area contributed by atoms with E-state index in [2.05, 4.69) is 0 Å². The number of benzene rings is 3. The van der Waals surface area contributed by atoms with Crippen molar-refractivity contribution >= 4 is 17.6 Å². The van der Waals surface area contributed by atoms with Crippen LogP contribution in [0.1, 0.15) is 69.3 Å². The van der Waals surface area contributed by atoms with Crippen LogP contribution in [-0.4, -0.2) is 103 Å². The molecule has 0 radical (unpaired) electrons. The number of hydrogen-bond donors (Lipinski definition) is 1. The lowest BCUT2D eigenvalue weighted by Gasteiger charge is -2.27. The van der Waals surface area contributed by atoms with Gasteiger partial charge >= 0.3 is 12.1 Å². The van der Waals surface area contributed by atoms with Crippen LogP contribution < -0.4 is 33.3 Å². The van der Waals surface area contributed by atoms with Crippen molar-refractivity contribution in [3.05, 3.63) is 88.7 Å². The summed E-state index contributed by atoms with van der Waals surface area (Å²) < 4.78 is 72.6. The monoisotopic (exact) mass is 850 g/mol. The molecule has 0 saturated heterocycles. The smallest absolute Gasteiger partial charge is 0.410 e. The van der Waals surface area contributed by atoms with Crippen molar-refractivity contribution in [1.29, 1.82) is 0 Å². The molecule has 0 unspecified atom stereocenters. The van der Waals surface area contributed by atoms with Crippen LogP contribution in [0.5, 0.6) is 34.8 Å². The molecule has 3 aromatic carbocycles. The molecule has 15 nitrogen and oxygen atoms in total. The predicted molar refractivity (Wildman–Crippen MR) is 224 cm³/mol. The van der Waals surface area contributed by atoms with Crippen LogP contribution in [0.4, 0.5) is 19.4 Å². The molecule has 0 fully saturated rings. The zero-order valence-corrected chi connectivity index (χ0v) is 36.3. The Labute approximate surface area is 355 Å². The summed E-state index contributed by atoms with van der Waals surface area (Å²) in [6.45, 7) is 7.63. The molecular weight excluding hydrogens is 795 g/mol. The molecule has 61 heavy (non-hydrogen) atoms. The largest absolute Gasteiger partial charge is 0.497 e. The number of rotatable bonds is 21. The maximum atomic E-state index is 15.8. The second-order valence-electron chi connectivity index (χ2n) is 15.2. The molecule has 0 saturated carbocycles. The van der Waals surface area contributed by atoms with Crippen LogP contribution in [0.25, 0.3) is 5.65 Å². The van der Waals surface area contributed by atoms with E-state index in [0.717, 1.165) is 17.5 Å². The topological polar surface area (TPSA) is 151 Å². The summed E-state index contributed by atoms with van der Waals surface area (Å²) in [5.41, 5.74) is 1.64. The number of imidazole rings is 1. The average molecular weight is 851 g/mol. The van der Waals surface area contributed by atoms with E-state index in [-0.39, 0.29) is 56.6 Å². The van der Waals surface area contributed by atoms with Crippen molar-refractivity contribution in [1.82, 2.24) is 24.5 Å². The van der Waals surface area contributed by atoms with Gasteiger partial charge in [0.15, 0.2) is 23.0 Å². The molecule has 17 heteroatoms. The second kappa shape index (κ2) is 20.9. The van der Waals surface area contributed by atoms with Gasteiger partial charge in [-0.15, -0.1) is 5.10 Å². The fraction of sp³-hybridized carbons (Fsp3) is 0.455. The molecule has 5 aromatic rings. The first-order valence-corrected chi connectivity index (χ1v) is 19.9. The molecule has 330 valence electrons. The third-order valence-corrected chi connectivity index (χ3v) is 9.63. The van der Waals surface area contributed by atoms with Crippen molar-refractivity contribution < 1.29 is 51.8 Å². The summed E-state index contributed by atoms with van der Waals surface area (Å²) in [6, 6.07) is 13.8. The minimum atomic E-state index is -1.18. The van der Waals surface area contributed by atoms with Gasteiger partial charge < -0.3 is 48.1 Å². The molecule has 2 heterocycles. The van der Waals surface area contributed by atoms with Gasteiger partial charge in [-0.3, -0.25) is 0 Å². The number of aliphatic hydroxyl groups is 1. The molecule has 0 aliphatic heterocycles. The lowest BCUT2D eigenvalue weighted by atomic mass is 10.1. The van der Waals surface area contributed by atoms with E-state index in [1.54, 1.807) is 61.3 Å². The summed E-state index contributed by atoms with van der Waals surface area (Å²) in [4.78, 5) is 25.2. The van der Waals surface area contributed by atoms with E-state index < -0.39 is 29.4 Å². The van der Waals surface area contributed by atoms with Crippen LogP contribution in [0.3, 0.4) is 0 Å². The highest BCUT2D eigenvalue weighted by atomic mass is 19.2. The summed E-state index contributed by atoms with van der Waals surface area (Å²) in [7, 11) is 7.83. The Balaban J connectivity index is 1.56. The zero-order valence-electron chi connectivity index (χ0n) is 36.3. The third kappa shape index (κ3) is 11.8. The van der Waals surface area contributed by atoms with Gasteiger partial charge in [-0.1, -0.05) is 19.4 Å². The molecule has 0 spiro atoms. The van der Waals surface area contributed by atoms with Crippen molar-refractivity contribution in [2.75, 3.05) is 60.1 Å². The normalized spacial score (nSPS) is 11.9. The molecule has 0 aliphatic rings. The molecule has 2 aromatic heterocycles. The van der Waals surface area contributed by atoms with Gasteiger partial charge in [-0.2, -0.15) is 9.37 Å². The lowest BCUT2D eigenvalue weighted by molar-refractivity contribution is 0.0277. The zero-order chi connectivity index (χ0) is 44.3. The number of nitrogens with zero attached hydrogens (tertiary/aromatic N) is 6. The van der Waals surface area contributed by atoms with Crippen molar-refractivity contribution in [3.8, 4) is 34.8 Å². The van der Waals surface area contributed by atoms with Gasteiger partial charge in [0.1, 0.15) is 41.3 Å². The molecular formula is C44H56F2N6O9. The highest BCUT2D eigenvalue weighted by Gasteiger charge is 2.26. The maximum absolute atomic E-state index is 15.8. The number of halogens is 2. The van der Waals surface area contributed by atoms with Gasteiger partial charge in [0.05, 0.1) is 46.9 Å². The van der Waals surface area contributed by atoms with E-state index in [4.69, 9.17) is 48.2 Å². The number of methoxy groups -OCH3 is 4. The minimum absolute atomic E-state index is 0.00575. The van der Waals surface area contributed by atoms with Gasteiger partial charge in [0.25, 0.3) is 0 Å². The van der Waals surface area contributed by atoms with Gasteiger partial charge in [0, 0.05) is 62.8 Å². The Kier molecular flexibility index (Phi) is 15.8. The summed E-state index contributed by atoms with van der Waals surface area (Å²) in [5, 5.41) is 14.6. The van der Waals surface area contributed by atoms with Crippen LogP contribution in [-0.2, 0) is 24.2 Å². The van der Waals surface area contributed by atoms with Crippen LogP contribution in [0.15, 0.2) is 54.7 Å². The van der Waals surface area contributed by atoms with Crippen molar-refractivity contribution in [3.63, 3.8) is 0 Å². The number of carbonyl (C=O) groups excluding carboxylic acids is 1.